The van der Waals surface area contributed by atoms with Crippen molar-refractivity contribution in [2.24, 2.45) is 0 Å². The van der Waals surface area contributed by atoms with Crippen molar-refractivity contribution in [3.63, 3.8) is 0 Å². The highest BCUT2D eigenvalue weighted by Gasteiger charge is 2.55. The third kappa shape index (κ3) is 2.58. The van der Waals surface area contributed by atoms with Crippen molar-refractivity contribution in [2.75, 3.05) is 0 Å². The summed E-state index contributed by atoms with van der Waals surface area (Å²) in [6, 6.07) is 6.45. The molecule has 8 heteroatoms. The molecule has 1 spiro atoms. The van der Waals surface area contributed by atoms with Crippen molar-refractivity contribution < 1.29 is 9.59 Å². The number of aromatic nitrogens is 1. The van der Waals surface area contributed by atoms with Crippen LogP contribution in [0.3, 0.4) is 0 Å². The number of benzene rings is 1. The zero-order valence-electron chi connectivity index (χ0n) is 12.9. The van der Waals surface area contributed by atoms with Crippen molar-refractivity contribution in [1.29, 1.82) is 0 Å². The van der Waals surface area contributed by atoms with Gasteiger partial charge in [0.2, 0.25) is 0 Å². The molecule has 1 aromatic carbocycles. The number of carbonyl (C=O) groups excluding carboxylic acids is 2. The molecular formula is C17H12Cl3N3O2. The van der Waals surface area contributed by atoms with E-state index in [1.165, 1.54) is 12.3 Å². The van der Waals surface area contributed by atoms with Gasteiger partial charge in [-0.3, -0.25) is 14.7 Å². The molecule has 2 aromatic rings. The lowest BCUT2D eigenvalue weighted by Gasteiger charge is -2.22. The van der Waals surface area contributed by atoms with Crippen LogP contribution in [0.1, 0.15) is 23.2 Å². The van der Waals surface area contributed by atoms with E-state index in [0.717, 1.165) is 16.0 Å². The van der Waals surface area contributed by atoms with E-state index in [2.05, 4.69) is 10.3 Å². The fraction of sp³-hybridized carbons (Fsp3) is 0.235. The Morgan fingerprint density at radius 2 is 1.96 bits per heavy atom. The minimum atomic E-state index is -1.03. The number of carbonyl (C=O) groups is 2. The van der Waals surface area contributed by atoms with E-state index in [0.29, 0.717) is 33.6 Å². The van der Waals surface area contributed by atoms with Crippen LogP contribution in [0.15, 0.2) is 30.5 Å². The molecule has 1 aliphatic heterocycles. The summed E-state index contributed by atoms with van der Waals surface area (Å²) in [4.78, 5) is 30.8. The largest absolute Gasteiger partial charge is 0.325 e. The van der Waals surface area contributed by atoms with E-state index < -0.39 is 11.6 Å². The Kier molecular flexibility index (Phi) is 3.90. The molecule has 0 radical (unpaired) electrons. The van der Waals surface area contributed by atoms with E-state index in [1.54, 1.807) is 12.1 Å². The Morgan fingerprint density at radius 3 is 2.72 bits per heavy atom. The second kappa shape index (κ2) is 5.87. The Labute approximate surface area is 158 Å². The number of fused-ring (bicyclic) bond motifs is 2. The highest BCUT2D eigenvalue weighted by molar-refractivity contribution is 6.34. The Bertz CT molecular complexity index is 918. The van der Waals surface area contributed by atoms with Gasteiger partial charge in [-0.2, -0.15) is 0 Å². The minimum Gasteiger partial charge on any atom is -0.319 e. The number of urea groups is 1. The second-order valence-corrected chi connectivity index (χ2v) is 7.39. The summed E-state index contributed by atoms with van der Waals surface area (Å²) in [5, 5.41) is 4.17. The molecule has 1 atom stereocenters. The number of hydrogen-bond acceptors (Lipinski definition) is 3. The van der Waals surface area contributed by atoms with Gasteiger partial charge in [0.05, 0.1) is 22.3 Å². The fourth-order valence-electron chi connectivity index (χ4n) is 3.47. The molecule has 2 heterocycles. The van der Waals surface area contributed by atoms with E-state index in [-0.39, 0.29) is 12.5 Å². The molecule has 25 heavy (non-hydrogen) atoms. The molecular weight excluding hydrogens is 385 g/mol. The number of pyridine rings is 1. The number of rotatable bonds is 2. The lowest BCUT2D eigenvalue weighted by atomic mass is 9.92. The van der Waals surface area contributed by atoms with Gasteiger partial charge in [-0.1, -0.05) is 40.9 Å². The zero-order valence-corrected chi connectivity index (χ0v) is 15.1. The van der Waals surface area contributed by atoms with Crippen LogP contribution in [-0.2, 0) is 23.3 Å². The van der Waals surface area contributed by atoms with Crippen LogP contribution < -0.4 is 5.32 Å². The predicted octanol–water partition coefficient (Wildman–Crippen LogP) is 3.94. The quantitative estimate of drug-likeness (QED) is 0.782. The van der Waals surface area contributed by atoms with E-state index in [1.807, 2.05) is 6.07 Å². The van der Waals surface area contributed by atoms with Gasteiger partial charge in [-0.15, -0.1) is 0 Å². The first-order chi connectivity index (χ1) is 11.9. The summed E-state index contributed by atoms with van der Waals surface area (Å²) in [5.41, 5.74) is 1.16. The first kappa shape index (κ1) is 16.6. The van der Waals surface area contributed by atoms with Crippen molar-refractivity contribution in [1.82, 2.24) is 15.2 Å². The first-order valence-corrected chi connectivity index (χ1v) is 8.77. The number of nitrogens with zero attached hydrogens (tertiary/aromatic N) is 2. The van der Waals surface area contributed by atoms with Gasteiger partial charge in [0, 0.05) is 11.2 Å². The summed E-state index contributed by atoms with van der Waals surface area (Å²) in [6.45, 7) is -0.00859. The molecule has 128 valence electrons. The minimum absolute atomic E-state index is 0.00859. The molecule has 3 amide bonds. The molecule has 1 saturated heterocycles. The molecule has 1 fully saturated rings. The molecule has 0 bridgehead atoms. The van der Waals surface area contributed by atoms with E-state index >= 15 is 0 Å². The SMILES string of the molecule is O=C1NC2(CCc3cc(Cl)ccc32)C(=O)N1Cc1ncc(Cl)cc1Cl. The van der Waals surface area contributed by atoms with Crippen LogP contribution in [0.5, 0.6) is 0 Å². The smallest absolute Gasteiger partial charge is 0.319 e. The standard InChI is InChI=1S/C17H12Cl3N3O2/c18-10-1-2-12-9(5-10)3-4-17(12)15(24)23(16(25)22-17)8-14-13(20)6-11(19)7-21-14/h1-2,5-7H,3-4,8H2,(H,22,25). The van der Waals surface area contributed by atoms with Gasteiger partial charge in [0.25, 0.3) is 5.91 Å². The summed E-state index contributed by atoms with van der Waals surface area (Å²) < 4.78 is 0. The maximum Gasteiger partial charge on any atom is 0.325 e. The summed E-state index contributed by atoms with van der Waals surface area (Å²) in [7, 11) is 0. The highest BCUT2D eigenvalue weighted by Crippen LogP contribution is 2.42. The number of halogens is 3. The highest BCUT2D eigenvalue weighted by atomic mass is 35.5. The average molecular weight is 397 g/mol. The third-order valence-corrected chi connectivity index (χ3v) is 5.43. The second-order valence-electron chi connectivity index (χ2n) is 6.11. The number of amides is 3. The average Bonchev–Trinajstić information content (AvgIpc) is 3.03. The van der Waals surface area contributed by atoms with E-state index in [9.17, 15) is 9.59 Å². The monoisotopic (exact) mass is 395 g/mol. The van der Waals surface area contributed by atoms with E-state index in [4.69, 9.17) is 34.8 Å². The lowest BCUT2D eigenvalue weighted by Crippen LogP contribution is -2.41. The molecule has 4 rings (SSSR count). The van der Waals surface area contributed by atoms with Crippen molar-refractivity contribution >= 4 is 46.7 Å². The number of imide groups is 1. The Balaban J connectivity index is 1.68. The van der Waals surface area contributed by atoms with Crippen LogP contribution in [0.4, 0.5) is 4.79 Å². The number of hydrogen-bond donors (Lipinski definition) is 1. The molecule has 0 saturated carbocycles. The van der Waals surface area contributed by atoms with Gasteiger partial charge in [-0.05, 0) is 42.2 Å². The summed E-state index contributed by atoms with van der Waals surface area (Å²) in [6.07, 6.45) is 2.62. The number of aryl methyl sites for hydroxylation is 1. The van der Waals surface area contributed by atoms with Crippen LogP contribution in [-0.4, -0.2) is 21.8 Å². The van der Waals surface area contributed by atoms with Crippen molar-refractivity contribution in [3.8, 4) is 0 Å². The first-order valence-electron chi connectivity index (χ1n) is 7.64. The fourth-order valence-corrected chi connectivity index (χ4v) is 4.11. The van der Waals surface area contributed by atoms with Gasteiger partial charge < -0.3 is 5.32 Å². The van der Waals surface area contributed by atoms with Crippen LogP contribution >= 0.6 is 34.8 Å². The maximum atomic E-state index is 13.1. The molecule has 2 aliphatic rings. The zero-order chi connectivity index (χ0) is 17.8. The van der Waals surface area contributed by atoms with Gasteiger partial charge >= 0.3 is 6.03 Å². The van der Waals surface area contributed by atoms with Crippen molar-refractivity contribution in [2.45, 2.75) is 24.9 Å². The lowest BCUT2D eigenvalue weighted by molar-refractivity contribution is -0.132. The van der Waals surface area contributed by atoms with Crippen LogP contribution in [0.25, 0.3) is 0 Å². The molecule has 1 N–H and O–H groups in total. The van der Waals surface area contributed by atoms with Crippen LogP contribution in [0.2, 0.25) is 15.1 Å². The Morgan fingerprint density at radius 1 is 1.16 bits per heavy atom. The predicted molar refractivity (Wildman–Crippen MR) is 94.8 cm³/mol. The summed E-state index contributed by atoms with van der Waals surface area (Å²) >= 11 is 18.0. The van der Waals surface area contributed by atoms with Crippen molar-refractivity contribution in [3.05, 3.63) is 62.4 Å². The van der Waals surface area contributed by atoms with Gasteiger partial charge in [-0.25, -0.2) is 4.79 Å². The summed E-state index contributed by atoms with van der Waals surface area (Å²) in [5.74, 6) is -0.300. The third-order valence-electron chi connectivity index (χ3n) is 4.66. The maximum absolute atomic E-state index is 13.1. The normalized spacial score (nSPS) is 21.8. The molecule has 1 aromatic heterocycles. The molecule has 1 aliphatic carbocycles. The van der Waals surface area contributed by atoms with Gasteiger partial charge in [0.1, 0.15) is 5.54 Å². The number of nitrogens with one attached hydrogen (secondary N) is 1. The molecule has 1 unspecified atom stereocenters. The molecule has 5 nitrogen and oxygen atoms in total. The topological polar surface area (TPSA) is 62.3 Å². The Hall–Kier alpha value is -1.82. The van der Waals surface area contributed by atoms with Crippen LogP contribution in [0, 0.1) is 0 Å². The van der Waals surface area contributed by atoms with Gasteiger partial charge in [0.15, 0.2) is 0 Å².